The normalized spacial score (nSPS) is 19.2. The molecule has 0 N–H and O–H groups in total. The van der Waals surface area contributed by atoms with Crippen molar-refractivity contribution in [3.8, 4) is 0 Å². The maximum Gasteiger partial charge on any atom is 0.286 e. The molecule has 1 amide bonds. The zero-order valence-corrected chi connectivity index (χ0v) is 14.8. The van der Waals surface area contributed by atoms with Crippen molar-refractivity contribution in [3.05, 3.63) is 65.1 Å². The molecule has 5 nitrogen and oxygen atoms in total. The molecule has 0 atom stereocenters. The second-order valence-electron chi connectivity index (χ2n) is 6.02. The van der Waals surface area contributed by atoms with Gasteiger partial charge in [-0.1, -0.05) is 12.1 Å². The predicted octanol–water partition coefficient (Wildman–Crippen LogP) is 3.01. The molecule has 1 aromatic heterocycles. The smallest absolute Gasteiger partial charge is 0.286 e. The van der Waals surface area contributed by atoms with Crippen LogP contribution in [0, 0.1) is 5.82 Å². The minimum absolute atomic E-state index is 0.203. The summed E-state index contributed by atoms with van der Waals surface area (Å²) in [5.41, 5.74) is 1.55. The number of carbonyl (C=O) groups is 1. The average Bonchev–Trinajstić information content (AvgIpc) is 3.04. The summed E-state index contributed by atoms with van der Waals surface area (Å²) in [6, 6.07) is 10.5. The maximum absolute atomic E-state index is 13.9. The van der Waals surface area contributed by atoms with E-state index in [1.54, 1.807) is 24.5 Å². The maximum atomic E-state index is 13.9. The first-order valence-electron chi connectivity index (χ1n) is 8.38. The van der Waals surface area contributed by atoms with Crippen molar-refractivity contribution in [1.29, 1.82) is 0 Å². The van der Waals surface area contributed by atoms with E-state index in [9.17, 15) is 9.18 Å². The number of amidine groups is 1. The van der Waals surface area contributed by atoms with Gasteiger partial charge in [-0.2, -0.15) is 4.99 Å². The molecule has 0 spiro atoms. The molecule has 0 radical (unpaired) electrons. The quantitative estimate of drug-likeness (QED) is 0.763. The summed E-state index contributed by atoms with van der Waals surface area (Å²) in [5, 5.41) is 0.725. The molecule has 3 heterocycles. The van der Waals surface area contributed by atoms with Gasteiger partial charge in [-0.15, -0.1) is 0 Å². The van der Waals surface area contributed by atoms with Gasteiger partial charge in [0.05, 0.1) is 10.6 Å². The Bertz CT molecular complexity index is 876. The summed E-state index contributed by atoms with van der Waals surface area (Å²) < 4.78 is 13.9. The molecule has 4 rings (SSSR count). The Morgan fingerprint density at radius 3 is 2.42 bits per heavy atom. The minimum Gasteiger partial charge on any atom is -0.366 e. The van der Waals surface area contributed by atoms with Gasteiger partial charge in [0.1, 0.15) is 5.82 Å². The highest BCUT2D eigenvalue weighted by atomic mass is 32.2. The van der Waals surface area contributed by atoms with E-state index in [0.29, 0.717) is 36.8 Å². The van der Waals surface area contributed by atoms with E-state index in [1.165, 1.54) is 17.8 Å². The standard InChI is InChI=1S/C19H17FN4OS/c20-15-3-1-2-4-16(15)23-9-11-24(12-10-23)19-22-18(25)17(26-19)13-14-5-7-21-8-6-14/h1-8,13H,9-12H2/b17-13+. The van der Waals surface area contributed by atoms with E-state index < -0.39 is 0 Å². The number of rotatable bonds is 2. The first-order chi connectivity index (χ1) is 12.7. The molecule has 2 aromatic rings. The number of halogens is 1. The monoisotopic (exact) mass is 368 g/mol. The summed E-state index contributed by atoms with van der Waals surface area (Å²) >= 11 is 1.39. The van der Waals surface area contributed by atoms with Crippen LogP contribution in [0.1, 0.15) is 5.56 Å². The second-order valence-corrected chi connectivity index (χ2v) is 7.03. The molecule has 26 heavy (non-hydrogen) atoms. The first kappa shape index (κ1) is 16.8. The number of aromatic nitrogens is 1. The van der Waals surface area contributed by atoms with Crippen LogP contribution in [-0.2, 0) is 4.79 Å². The number of hydrogen-bond donors (Lipinski definition) is 0. The molecule has 2 aliphatic heterocycles. The van der Waals surface area contributed by atoms with Crippen LogP contribution in [0.15, 0.2) is 58.7 Å². The molecule has 2 aliphatic rings. The Kier molecular flexibility index (Phi) is 4.71. The van der Waals surface area contributed by atoms with Gasteiger partial charge in [0.15, 0.2) is 5.17 Å². The molecular weight excluding hydrogens is 351 g/mol. The Balaban J connectivity index is 1.41. The highest BCUT2D eigenvalue weighted by Crippen LogP contribution is 2.31. The van der Waals surface area contributed by atoms with Gasteiger partial charge in [-0.05, 0) is 47.7 Å². The van der Waals surface area contributed by atoms with E-state index in [1.807, 2.05) is 29.2 Å². The van der Waals surface area contributed by atoms with Crippen LogP contribution in [0.5, 0.6) is 0 Å². The topological polar surface area (TPSA) is 48.8 Å². The van der Waals surface area contributed by atoms with Crippen LogP contribution in [0.25, 0.3) is 6.08 Å². The van der Waals surface area contributed by atoms with Gasteiger partial charge in [-0.3, -0.25) is 9.78 Å². The Hall–Kier alpha value is -2.67. The van der Waals surface area contributed by atoms with Crippen molar-refractivity contribution >= 4 is 34.6 Å². The zero-order chi connectivity index (χ0) is 17.9. The van der Waals surface area contributed by atoms with Crippen LogP contribution in [0.2, 0.25) is 0 Å². The highest BCUT2D eigenvalue weighted by molar-refractivity contribution is 8.18. The SMILES string of the molecule is O=C1N=C(N2CCN(c3ccccc3F)CC2)S/C1=C/c1ccncc1. The van der Waals surface area contributed by atoms with Crippen LogP contribution in [-0.4, -0.2) is 47.1 Å². The van der Waals surface area contributed by atoms with E-state index >= 15 is 0 Å². The Morgan fingerprint density at radius 2 is 1.69 bits per heavy atom. The number of nitrogens with zero attached hydrogens (tertiary/aromatic N) is 4. The number of amides is 1. The number of anilines is 1. The Morgan fingerprint density at radius 1 is 1.00 bits per heavy atom. The van der Waals surface area contributed by atoms with E-state index in [-0.39, 0.29) is 11.7 Å². The van der Waals surface area contributed by atoms with Crippen LogP contribution in [0.3, 0.4) is 0 Å². The summed E-state index contributed by atoms with van der Waals surface area (Å²) in [7, 11) is 0. The van der Waals surface area contributed by atoms with Gasteiger partial charge in [-0.25, -0.2) is 4.39 Å². The van der Waals surface area contributed by atoms with Gasteiger partial charge in [0, 0.05) is 38.6 Å². The fourth-order valence-electron chi connectivity index (χ4n) is 2.99. The van der Waals surface area contributed by atoms with Gasteiger partial charge < -0.3 is 9.80 Å². The van der Waals surface area contributed by atoms with Crippen LogP contribution < -0.4 is 4.90 Å². The lowest BCUT2D eigenvalue weighted by Gasteiger charge is -2.36. The van der Waals surface area contributed by atoms with Crippen molar-refractivity contribution in [2.75, 3.05) is 31.1 Å². The lowest BCUT2D eigenvalue weighted by Crippen LogP contribution is -2.48. The van der Waals surface area contributed by atoms with Gasteiger partial charge in [0.25, 0.3) is 5.91 Å². The second kappa shape index (κ2) is 7.29. The summed E-state index contributed by atoms with van der Waals surface area (Å²) in [4.78, 5) is 25.1. The molecule has 1 aromatic carbocycles. The number of piperazine rings is 1. The number of hydrogen-bond acceptors (Lipinski definition) is 5. The van der Waals surface area contributed by atoms with Crippen molar-refractivity contribution in [3.63, 3.8) is 0 Å². The predicted molar refractivity (Wildman–Crippen MR) is 102 cm³/mol. The highest BCUT2D eigenvalue weighted by Gasteiger charge is 2.28. The molecule has 132 valence electrons. The third kappa shape index (κ3) is 3.48. The van der Waals surface area contributed by atoms with Gasteiger partial charge in [0.2, 0.25) is 0 Å². The van der Waals surface area contributed by atoms with E-state index in [2.05, 4.69) is 14.9 Å². The number of carbonyl (C=O) groups excluding carboxylic acids is 1. The largest absolute Gasteiger partial charge is 0.366 e. The molecule has 1 saturated heterocycles. The minimum atomic E-state index is -0.210. The molecule has 0 bridgehead atoms. The lowest BCUT2D eigenvalue weighted by molar-refractivity contribution is -0.113. The Labute approximate surface area is 155 Å². The molecule has 0 saturated carbocycles. The number of thioether (sulfide) groups is 1. The summed E-state index contributed by atoms with van der Waals surface area (Å²) in [6.07, 6.45) is 5.22. The van der Waals surface area contributed by atoms with Crippen molar-refractivity contribution in [1.82, 2.24) is 9.88 Å². The molecular formula is C19H17FN4OS. The fraction of sp³-hybridized carbons (Fsp3) is 0.211. The fourth-order valence-corrected chi connectivity index (χ4v) is 3.96. The van der Waals surface area contributed by atoms with Crippen LogP contribution >= 0.6 is 11.8 Å². The first-order valence-corrected chi connectivity index (χ1v) is 9.19. The third-order valence-electron chi connectivity index (χ3n) is 4.36. The van der Waals surface area contributed by atoms with Crippen molar-refractivity contribution in [2.45, 2.75) is 0 Å². The van der Waals surface area contributed by atoms with Crippen LogP contribution in [0.4, 0.5) is 10.1 Å². The van der Waals surface area contributed by atoms with Gasteiger partial charge >= 0.3 is 0 Å². The molecule has 0 aliphatic carbocycles. The number of para-hydroxylation sites is 1. The average molecular weight is 368 g/mol. The molecule has 1 fully saturated rings. The molecule has 7 heteroatoms. The molecule has 0 unspecified atom stereocenters. The van der Waals surface area contributed by atoms with Crippen molar-refractivity contribution < 1.29 is 9.18 Å². The zero-order valence-electron chi connectivity index (χ0n) is 14.0. The third-order valence-corrected chi connectivity index (χ3v) is 5.40. The summed E-state index contributed by atoms with van der Waals surface area (Å²) in [6.45, 7) is 2.79. The van der Waals surface area contributed by atoms with E-state index in [4.69, 9.17) is 0 Å². The summed E-state index contributed by atoms with van der Waals surface area (Å²) in [5.74, 6) is -0.412. The van der Waals surface area contributed by atoms with E-state index in [0.717, 1.165) is 10.7 Å². The lowest BCUT2D eigenvalue weighted by atomic mass is 10.2. The number of pyridine rings is 1. The number of aliphatic imine (C=N–C) groups is 1. The van der Waals surface area contributed by atoms with Crippen molar-refractivity contribution in [2.24, 2.45) is 4.99 Å². The number of benzene rings is 1.